The van der Waals surface area contributed by atoms with Gasteiger partial charge in [0.1, 0.15) is 0 Å². The smallest absolute Gasteiger partial charge is 0.0498 e. The molecule has 18 heavy (non-hydrogen) atoms. The van der Waals surface area contributed by atoms with Crippen LogP contribution in [0.2, 0.25) is 0 Å². The first-order valence-electron chi connectivity index (χ1n) is 6.77. The lowest BCUT2D eigenvalue weighted by Gasteiger charge is -2.34. The van der Waals surface area contributed by atoms with E-state index in [1.165, 1.54) is 24.8 Å². The standard InChI is InChI=1S/C15H23NOS/c1-11(13-5-4-6-13)16-12(2)14-7-9-15(10-8-14)18(3)17/h7-13,16H,4-6H2,1-3H3/t11-,12+,18-/m1/s1. The summed E-state index contributed by atoms with van der Waals surface area (Å²) in [5.74, 6) is 0.856. The fourth-order valence-electron chi connectivity index (χ4n) is 2.51. The van der Waals surface area contributed by atoms with Crippen molar-refractivity contribution in [1.82, 2.24) is 5.32 Å². The summed E-state index contributed by atoms with van der Waals surface area (Å²) in [7, 11) is -0.881. The van der Waals surface area contributed by atoms with Gasteiger partial charge < -0.3 is 5.32 Å². The van der Waals surface area contributed by atoms with Gasteiger partial charge in [-0.15, -0.1) is 0 Å². The van der Waals surface area contributed by atoms with Crippen LogP contribution in [-0.4, -0.2) is 16.5 Å². The number of hydrogen-bond acceptors (Lipinski definition) is 2. The van der Waals surface area contributed by atoms with E-state index in [1.54, 1.807) is 6.26 Å². The van der Waals surface area contributed by atoms with Crippen molar-refractivity contribution in [1.29, 1.82) is 0 Å². The highest BCUT2D eigenvalue weighted by molar-refractivity contribution is 7.84. The van der Waals surface area contributed by atoms with E-state index >= 15 is 0 Å². The van der Waals surface area contributed by atoms with Crippen molar-refractivity contribution in [3.05, 3.63) is 29.8 Å². The van der Waals surface area contributed by atoms with Gasteiger partial charge in [-0.1, -0.05) is 18.6 Å². The Balaban J connectivity index is 1.95. The molecule has 0 spiro atoms. The van der Waals surface area contributed by atoms with Crippen LogP contribution in [0.5, 0.6) is 0 Å². The molecule has 3 atom stereocenters. The van der Waals surface area contributed by atoms with Crippen LogP contribution in [0.25, 0.3) is 0 Å². The van der Waals surface area contributed by atoms with E-state index in [2.05, 4.69) is 31.3 Å². The molecule has 0 bridgehead atoms. The molecule has 0 aromatic heterocycles. The van der Waals surface area contributed by atoms with Crippen LogP contribution in [0.3, 0.4) is 0 Å². The number of nitrogens with one attached hydrogen (secondary N) is 1. The fraction of sp³-hybridized carbons (Fsp3) is 0.600. The van der Waals surface area contributed by atoms with Crippen LogP contribution in [-0.2, 0) is 10.8 Å². The van der Waals surface area contributed by atoms with Gasteiger partial charge in [-0.25, -0.2) is 0 Å². The Morgan fingerprint density at radius 2 is 1.83 bits per heavy atom. The van der Waals surface area contributed by atoms with E-state index in [9.17, 15) is 4.21 Å². The van der Waals surface area contributed by atoms with Crippen LogP contribution < -0.4 is 5.32 Å². The fourth-order valence-corrected chi connectivity index (χ4v) is 3.03. The summed E-state index contributed by atoms with van der Waals surface area (Å²) in [6.07, 6.45) is 5.85. The molecule has 100 valence electrons. The molecule has 3 heteroatoms. The summed E-state index contributed by atoms with van der Waals surface area (Å²) < 4.78 is 11.3. The average molecular weight is 265 g/mol. The van der Waals surface area contributed by atoms with Crippen LogP contribution in [0, 0.1) is 5.92 Å². The molecule has 0 unspecified atom stereocenters. The minimum Gasteiger partial charge on any atom is -0.307 e. The predicted molar refractivity (Wildman–Crippen MR) is 77.1 cm³/mol. The first-order valence-corrected chi connectivity index (χ1v) is 8.33. The second-order valence-corrected chi connectivity index (χ2v) is 6.77. The van der Waals surface area contributed by atoms with Crippen LogP contribution in [0.15, 0.2) is 29.2 Å². The van der Waals surface area contributed by atoms with Crippen LogP contribution in [0.4, 0.5) is 0 Å². The molecule has 0 heterocycles. The second-order valence-electron chi connectivity index (χ2n) is 5.39. The molecule has 0 amide bonds. The van der Waals surface area contributed by atoms with Gasteiger partial charge in [0.25, 0.3) is 0 Å². The van der Waals surface area contributed by atoms with Gasteiger partial charge in [0.15, 0.2) is 0 Å². The number of rotatable bonds is 5. The van der Waals surface area contributed by atoms with Gasteiger partial charge >= 0.3 is 0 Å². The molecule has 0 radical (unpaired) electrons. The largest absolute Gasteiger partial charge is 0.307 e. The van der Waals surface area contributed by atoms with Gasteiger partial charge in [-0.2, -0.15) is 0 Å². The lowest BCUT2D eigenvalue weighted by Crippen LogP contribution is -2.38. The van der Waals surface area contributed by atoms with E-state index in [4.69, 9.17) is 0 Å². The van der Waals surface area contributed by atoms with Gasteiger partial charge in [-0.05, 0) is 50.3 Å². The topological polar surface area (TPSA) is 29.1 Å². The zero-order valence-electron chi connectivity index (χ0n) is 11.5. The lowest BCUT2D eigenvalue weighted by atomic mass is 9.80. The molecule has 0 saturated heterocycles. The molecule has 1 aliphatic rings. The third-order valence-corrected chi connectivity index (χ3v) is 5.02. The van der Waals surface area contributed by atoms with E-state index in [0.29, 0.717) is 12.1 Å². The average Bonchev–Trinajstić information content (AvgIpc) is 2.26. The van der Waals surface area contributed by atoms with Gasteiger partial charge in [0.2, 0.25) is 0 Å². The third kappa shape index (κ3) is 3.21. The molecule has 1 fully saturated rings. The zero-order valence-corrected chi connectivity index (χ0v) is 12.3. The Morgan fingerprint density at radius 1 is 1.22 bits per heavy atom. The summed E-state index contributed by atoms with van der Waals surface area (Å²) >= 11 is 0. The quantitative estimate of drug-likeness (QED) is 0.885. The zero-order chi connectivity index (χ0) is 13.1. The first-order chi connectivity index (χ1) is 8.58. The molecule has 1 N–H and O–H groups in total. The van der Waals surface area contributed by atoms with Crippen molar-refractivity contribution < 1.29 is 4.21 Å². The van der Waals surface area contributed by atoms with Crippen molar-refractivity contribution in [2.75, 3.05) is 6.26 Å². The predicted octanol–water partition coefficient (Wildman–Crippen LogP) is 3.26. The van der Waals surface area contributed by atoms with E-state index < -0.39 is 10.8 Å². The minimum atomic E-state index is -0.881. The summed E-state index contributed by atoms with van der Waals surface area (Å²) in [4.78, 5) is 0.901. The Morgan fingerprint density at radius 3 is 2.28 bits per heavy atom. The summed E-state index contributed by atoms with van der Waals surface area (Å²) in [5.41, 5.74) is 1.27. The van der Waals surface area contributed by atoms with Crippen molar-refractivity contribution in [3.63, 3.8) is 0 Å². The SMILES string of the molecule is C[C@H](N[C@H](C)C1CCC1)c1ccc([S@@](C)=O)cc1. The Labute approximate surface area is 113 Å². The Bertz CT molecular complexity index is 411. The number of benzene rings is 1. The Hall–Kier alpha value is -0.670. The maximum absolute atomic E-state index is 11.3. The van der Waals surface area contributed by atoms with Gasteiger partial charge in [0, 0.05) is 34.0 Å². The van der Waals surface area contributed by atoms with Crippen LogP contribution >= 0.6 is 0 Å². The van der Waals surface area contributed by atoms with Crippen molar-refractivity contribution in [2.24, 2.45) is 5.92 Å². The molecule has 0 aliphatic heterocycles. The van der Waals surface area contributed by atoms with Gasteiger partial charge in [0.05, 0.1) is 0 Å². The van der Waals surface area contributed by atoms with Gasteiger partial charge in [-0.3, -0.25) is 4.21 Å². The van der Waals surface area contributed by atoms with E-state index in [-0.39, 0.29) is 0 Å². The molecule has 1 aliphatic carbocycles. The van der Waals surface area contributed by atoms with Crippen molar-refractivity contribution >= 4 is 10.8 Å². The maximum atomic E-state index is 11.3. The normalized spacial score (nSPS) is 21.1. The molecular formula is C15H23NOS. The van der Waals surface area contributed by atoms with Crippen LogP contribution in [0.1, 0.15) is 44.7 Å². The molecule has 1 aromatic carbocycles. The van der Waals surface area contributed by atoms with E-state index in [1.807, 2.05) is 12.1 Å². The first kappa shape index (κ1) is 13.8. The minimum absolute atomic E-state index is 0.361. The third-order valence-electron chi connectivity index (χ3n) is 4.08. The number of hydrogen-bond donors (Lipinski definition) is 1. The monoisotopic (exact) mass is 265 g/mol. The highest BCUT2D eigenvalue weighted by Gasteiger charge is 2.24. The molecule has 2 rings (SSSR count). The van der Waals surface area contributed by atoms with E-state index in [0.717, 1.165) is 10.8 Å². The molecule has 2 nitrogen and oxygen atoms in total. The van der Waals surface area contributed by atoms with Crippen molar-refractivity contribution in [2.45, 2.75) is 50.1 Å². The lowest BCUT2D eigenvalue weighted by molar-refractivity contribution is 0.230. The molecular weight excluding hydrogens is 242 g/mol. The highest BCUT2D eigenvalue weighted by atomic mass is 32.2. The molecule has 1 saturated carbocycles. The summed E-state index contributed by atoms with van der Waals surface area (Å²) in [6.45, 7) is 4.49. The second kappa shape index (κ2) is 5.98. The van der Waals surface area contributed by atoms with Crippen molar-refractivity contribution in [3.8, 4) is 0 Å². The Kier molecular flexibility index (Phi) is 4.57. The molecule has 1 aromatic rings. The summed E-state index contributed by atoms with van der Waals surface area (Å²) in [5, 5.41) is 3.67. The maximum Gasteiger partial charge on any atom is 0.0498 e. The summed E-state index contributed by atoms with van der Waals surface area (Å²) in [6, 6.07) is 9.06. The highest BCUT2D eigenvalue weighted by Crippen LogP contribution is 2.30.